The van der Waals surface area contributed by atoms with E-state index in [1.54, 1.807) is 6.08 Å². The highest BCUT2D eigenvalue weighted by Crippen LogP contribution is 1.95. The molecule has 0 rings (SSSR count). The van der Waals surface area contributed by atoms with Crippen LogP contribution in [0.1, 0.15) is 51.9 Å². The summed E-state index contributed by atoms with van der Waals surface area (Å²) < 4.78 is 4.93. The van der Waals surface area contributed by atoms with Crippen molar-refractivity contribution in [1.29, 1.82) is 0 Å². The number of aliphatic carboxylic acids is 1. The molecule has 0 aromatic carbocycles. The van der Waals surface area contributed by atoms with Crippen LogP contribution >= 0.6 is 0 Å². The van der Waals surface area contributed by atoms with Crippen LogP contribution < -0.4 is 0 Å². The first-order valence-corrected chi connectivity index (χ1v) is 7.72. The normalized spacial score (nSPS) is 11.5. The van der Waals surface area contributed by atoms with Gasteiger partial charge in [-0.25, -0.2) is 0 Å². The lowest BCUT2D eigenvalue weighted by Crippen LogP contribution is -1.91. The molecule has 0 aromatic rings. The van der Waals surface area contributed by atoms with E-state index in [1.807, 2.05) is 0 Å². The summed E-state index contributed by atoms with van der Waals surface area (Å²) in [6, 6.07) is 0. The molecule has 0 amide bonds. The summed E-state index contributed by atoms with van der Waals surface area (Å²) >= 11 is 0. The maximum atomic E-state index is 10.2. The van der Waals surface area contributed by atoms with Crippen LogP contribution in [-0.2, 0) is 9.53 Å². The predicted molar refractivity (Wildman–Crippen MR) is 91.0 cm³/mol. The van der Waals surface area contributed by atoms with Crippen LogP contribution in [-0.4, -0.2) is 11.1 Å². The lowest BCUT2D eigenvalue weighted by Gasteiger charge is -1.87. The van der Waals surface area contributed by atoms with Gasteiger partial charge in [-0.2, -0.15) is 0 Å². The average Bonchev–Trinajstić information content (AvgIpc) is 2.50. The quantitative estimate of drug-likeness (QED) is 0.253. The molecule has 0 aromatic heterocycles. The Kier molecular flexibility index (Phi) is 15.2. The van der Waals surface area contributed by atoms with E-state index in [0.29, 0.717) is 6.42 Å². The summed E-state index contributed by atoms with van der Waals surface area (Å²) in [6.45, 7) is 2.13. The second kappa shape index (κ2) is 16.8. The fourth-order valence-corrected chi connectivity index (χ4v) is 1.43. The first-order valence-electron chi connectivity index (χ1n) is 7.72. The molecule has 0 radical (unpaired) electrons. The fourth-order valence-electron chi connectivity index (χ4n) is 1.43. The summed E-state index contributed by atoms with van der Waals surface area (Å²) in [4.78, 5) is 10.2. The van der Waals surface area contributed by atoms with Gasteiger partial charge in [0, 0.05) is 12.8 Å². The first kappa shape index (κ1) is 19.8. The number of allylic oxidation sites excluding steroid dienone is 7. The van der Waals surface area contributed by atoms with Crippen LogP contribution in [0.25, 0.3) is 0 Å². The second-order valence-corrected chi connectivity index (χ2v) is 4.53. The highest BCUT2D eigenvalue weighted by Gasteiger charge is 1.90. The van der Waals surface area contributed by atoms with E-state index >= 15 is 0 Å². The molecule has 0 aliphatic carbocycles. The molecule has 3 nitrogen and oxygen atoms in total. The fraction of sp³-hybridized carbons (Fsp3) is 0.421. The van der Waals surface area contributed by atoms with Gasteiger partial charge < -0.3 is 9.84 Å². The zero-order chi connectivity index (χ0) is 16.3. The molecular weight excluding hydrogens is 276 g/mol. The number of hydrogen-bond acceptors (Lipinski definition) is 2. The number of carboxylic acid groups (broad SMARTS) is 1. The summed E-state index contributed by atoms with van der Waals surface area (Å²) in [5.41, 5.74) is 0. The van der Waals surface area contributed by atoms with Gasteiger partial charge in [0.25, 0.3) is 0 Å². The average molecular weight is 302 g/mol. The Balaban J connectivity index is 3.48. The van der Waals surface area contributed by atoms with Crippen molar-refractivity contribution in [3.8, 4) is 12.0 Å². The molecule has 0 fully saturated rings. The molecule has 0 saturated carbocycles. The molecule has 22 heavy (non-hydrogen) atoms. The monoisotopic (exact) mass is 302 g/mol. The van der Waals surface area contributed by atoms with Crippen LogP contribution in [0.4, 0.5) is 0 Å². The van der Waals surface area contributed by atoms with Gasteiger partial charge in [-0.3, -0.25) is 4.79 Å². The summed E-state index contributed by atoms with van der Waals surface area (Å²) in [5, 5.41) is 8.42. The standard InChI is InChI=1S/C19H26O3/c1-2-3-4-5-6-7-8-9-10-11-12-14-17-22-18-15-13-16-19(20)21/h3-4,6-7,9-10,15,18H,2,5,8,11-13,16H2,1H3,(H,20,21)/b4-3-,7-6+,10-9+,18-15+. The van der Waals surface area contributed by atoms with Crippen molar-refractivity contribution >= 4 is 5.97 Å². The molecule has 0 atom stereocenters. The molecule has 0 unspecified atom stereocenters. The summed E-state index contributed by atoms with van der Waals surface area (Å²) in [7, 11) is 0. The Labute approximate surface area is 134 Å². The molecule has 1 N–H and O–H groups in total. The van der Waals surface area contributed by atoms with Gasteiger partial charge in [0.1, 0.15) is 6.11 Å². The van der Waals surface area contributed by atoms with Crippen LogP contribution in [0.15, 0.2) is 48.8 Å². The molecule has 120 valence electrons. The van der Waals surface area contributed by atoms with Crippen molar-refractivity contribution in [3.05, 3.63) is 48.8 Å². The molecule has 0 aliphatic heterocycles. The van der Waals surface area contributed by atoms with Gasteiger partial charge in [-0.1, -0.05) is 49.3 Å². The lowest BCUT2D eigenvalue weighted by atomic mass is 10.2. The Bertz CT molecular complexity index is 445. The molecule has 0 aliphatic rings. The summed E-state index contributed by atoms with van der Waals surface area (Å²) in [6.07, 6.45) is 23.9. The van der Waals surface area contributed by atoms with Crippen molar-refractivity contribution in [2.45, 2.75) is 51.9 Å². The number of rotatable bonds is 11. The number of ether oxygens (including phenoxy) is 1. The van der Waals surface area contributed by atoms with E-state index < -0.39 is 5.97 Å². The zero-order valence-electron chi connectivity index (χ0n) is 13.3. The van der Waals surface area contributed by atoms with Crippen molar-refractivity contribution in [1.82, 2.24) is 0 Å². The minimum atomic E-state index is -0.810. The number of hydrogen-bond donors (Lipinski definition) is 1. The Hall–Kier alpha value is -2.21. The van der Waals surface area contributed by atoms with Crippen LogP contribution in [0.3, 0.4) is 0 Å². The van der Waals surface area contributed by atoms with Gasteiger partial charge in [0.2, 0.25) is 0 Å². The highest BCUT2D eigenvalue weighted by molar-refractivity contribution is 5.66. The third-order valence-electron chi connectivity index (χ3n) is 2.54. The Morgan fingerprint density at radius 2 is 1.68 bits per heavy atom. The number of carboxylic acids is 1. The van der Waals surface area contributed by atoms with Crippen molar-refractivity contribution in [2.75, 3.05) is 0 Å². The third kappa shape index (κ3) is 17.8. The summed E-state index contributed by atoms with van der Waals surface area (Å²) in [5.74, 6) is 2.08. The molecule has 0 bridgehead atoms. The molecular formula is C19H26O3. The zero-order valence-corrected chi connectivity index (χ0v) is 13.3. The maximum Gasteiger partial charge on any atom is 0.303 e. The molecule has 0 heterocycles. The van der Waals surface area contributed by atoms with Crippen LogP contribution in [0, 0.1) is 12.0 Å². The number of carbonyl (C=O) groups is 1. The molecule has 3 heteroatoms. The minimum absolute atomic E-state index is 0.113. The van der Waals surface area contributed by atoms with E-state index in [-0.39, 0.29) is 6.42 Å². The third-order valence-corrected chi connectivity index (χ3v) is 2.54. The molecule has 0 spiro atoms. The van der Waals surface area contributed by atoms with Gasteiger partial charge in [-0.05, 0) is 38.2 Å². The van der Waals surface area contributed by atoms with E-state index in [1.165, 1.54) is 6.26 Å². The maximum absolute atomic E-state index is 10.2. The van der Waals surface area contributed by atoms with E-state index in [9.17, 15) is 4.79 Å². The topological polar surface area (TPSA) is 46.5 Å². The van der Waals surface area contributed by atoms with Crippen molar-refractivity contribution < 1.29 is 14.6 Å². The van der Waals surface area contributed by atoms with E-state index in [0.717, 1.165) is 32.1 Å². The molecule has 0 saturated heterocycles. The van der Waals surface area contributed by atoms with Gasteiger partial charge >= 0.3 is 5.97 Å². The SMILES string of the molecule is CC/C=C\C/C=C/C/C=C/CCC#CO/C=C/CCC(=O)O. The first-order chi connectivity index (χ1) is 10.8. The minimum Gasteiger partial charge on any atom is -0.481 e. The largest absolute Gasteiger partial charge is 0.481 e. The van der Waals surface area contributed by atoms with Crippen molar-refractivity contribution in [2.24, 2.45) is 0 Å². The lowest BCUT2D eigenvalue weighted by molar-refractivity contribution is -0.136. The van der Waals surface area contributed by atoms with E-state index in [4.69, 9.17) is 9.84 Å². The van der Waals surface area contributed by atoms with E-state index in [2.05, 4.69) is 55.4 Å². The van der Waals surface area contributed by atoms with Crippen molar-refractivity contribution in [3.63, 3.8) is 0 Å². The predicted octanol–water partition coefficient (Wildman–Crippen LogP) is 4.98. The van der Waals surface area contributed by atoms with Gasteiger partial charge in [0.05, 0.1) is 6.26 Å². The highest BCUT2D eigenvalue weighted by atomic mass is 16.5. The Morgan fingerprint density at radius 1 is 1.00 bits per heavy atom. The van der Waals surface area contributed by atoms with Gasteiger partial charge in [-0.15, -0.1) is 0 Å². The van der Waals surface area contributed by atoms with Gasteiger partial charge in [0.15, 0.2) is 0 Å². The second-order valence-electron chi connectivity index (χ2n) is 4.53. The Morgan fingerprint density at radius 3 is 2.36 bits per heavy atom. The smallest absolute Gasteiger partial charge is 0.303 e. The van der Waals surface area contributed by atoms with Crippen LogP contribution in [0.5, 0.6) is 0 Å². The van der Waals surface area contributed by atoms with Crippen LogP contribution in [0.2, 0.25) is 0 Å². The number of unbranched alkanes of at least 4 members (excludes halogenated alkanes) is 1.